The molecular weight excluding hydrogens is 436 g/mol. The van der Waals surface area contributed by atoms with Gasteiger partial charge in [-0.3, -0.25) is 9.69 Å². The molecule has 4 aromatic rings. The van der Waals surface area contributed by atoms with Crippen LogP contribution in [0.4, 0.5) is 0 Å². The molecule has 1 atom stereocenters. The first-order valence-electron chi connectivity index (χ1n) is 11.3. The van der Waals surface area contributed by atoms with Gasteiger partial charge in [0, 0.05) is 37.7 Å². The topological polar surface area (TPSA) is 54.5 Å². The van der Waals surface area contributed by atoms with Crippen molar-refractivity contribution < 1.29 is 9.21 Å². The maximum Gasteiger partial charge on any atom is 0.289 e. The van der Waals surface area contributed by atoms with E-state index in [4.69, 9.17) is 21.0 Å². The normalized spacial score (nSPS) is 15.8. The van der Waals surface area contributed by atoms with Crippen molar-refractivity contribution in [1.29, 1.82) is 0 Å². The molecule has 1 unspecified atom stereocenters. The summed E-state index contributed by atoms with van der Waals surface area (Å²) >= 11 is 6.26. The van der Waals surface area contributed by atoms with Gasteiger partial charge >= 0.3 is 0 Å². The fourth-order valence-corrected chi connectivity index (χ4v) is 4.72. The predicted octanol–water partition coefficient (Wildman–Crippen LogP) is 5.16. The summed E-state index contributed by atoms with van der Waals surface area (Å²) < 4.78 is 7.82. The van der Waals surface area contributed by atoms with Crippen molar-refractivity contribution in [3.63, 3.8) is 0 Å². The maximum atomic E-state index is 12.8. The molecule has 0 saturated carbocycles. The van der Waals surface area contributed by atoms with Gasteiger partial charge in [0.1, 0.15) is 11.6 Å². The summed E-state index contributed by atoms with van der Waals surface area (Å²) in [5.41, 5.74) is 3.21. The quantitative estimate of drug-likeness (QED) is 0.411. The third kappa shape index (κ3) is 4.41. The Balaban J connectivity index is 1.37. The van der Waals surface area contributed by atoms with Gasteiger partial charge in [-0.25, -0.2) is 4.98 Å². The van der Waals surface area contributed by atoms with Crippen LogP contribution in [0.2, 0.25) is 5.02 Å². The smallest absolute Gasteiger partial charge is 0.289 e. The lowest BCUT2D eigenvalue weighted by atomic mass is 10.2. The SMILES string of the molecule is Cc1ccc(C(=O)N2CCN(C(C)c3nc4cc(Cl)ccc4n3Cc3ccccc3)CC2)o1. The molecule has 2 aromatic carbocycles. The summed E-state index contributed by atoms with van der Waals surface area (Å²) in [6.45, 7) is 7.67. The molecule has 3 heterocycles. The van der Waals surface area contributed by atoms with Crippen LogP contribution in [0.3, 0.4) is 0 Å². The molecule has 1 amide bonds. The molecule has 0 spiro atoms. The number of benzene rings is 2. The number of hydrogen-bond donors (Lipinski definition) is 0. The predicted molar refractivity (Wildman–Crippen MR) is 130 cm³/mol. The summed E-state index contributed by atoms with van der Waals surface area (Å²) in [5.74, 6) is 2.14. The second-order valence-electron chi connectivity index (χ2n) is 8.59. The van der Waals surface area contributed by atoms with Crippen LogP contribution in [0.15, 0.2) is 65.1 Å². The third-order valence-corrected chi connectivity index (χ3v) is 6.63. The number of aromatic nitrogens is 2. The molecule has 7 heteroatoms. The first-order chi connectivity index (χ1) is 16.0. The molecule has 5 rings (SSSR count). The maximum absolute atomic E-state index is 12.8. The molecule has 1 fully saturated rings. The molecule has 0 radical (unpaired) electrons. The van der Waals surface area contributed by atoms with Crippen LogP contribution in [0, 0.1) is 6.92 Å². The van der Waals surface area contributed by atoms with Crippen molar-refractivity contribution >= 4 is 28.5 Å². The minimum Gasteiger partial charge on any atom is -0.456 e. The molecule has 170 valence electrons. The zero-order valence-corrected chi connectivity index (χ0v) is 19.6. The van der Waals surface area contributed by atoms with E-state index >= 15 is 0 Å². The van der Waals surface area contributed by atoms with E-state index in [0.29, 0.717) is 23.9 Å². The van der Waals surface area contributed by atoms with E-state index in [1.165, 1.54) is 5.56 Å². The fraction of sp³-hybridized carbons (Fsp3) is 0.308. The molecule has 2 aromatic heterocycles. The van der Waals surface area contributed by atoms with Crippen LogP contribution in [0.25, 0.3) is 11.0 Å². The highest BCUT2D eigenvalue weighted by Crippen LogP contribution is 2.28. The van der Waals surface area contributed by atoms with E-state index in [-0.39, 0.29) is 11.9 Å². The van der Waals surface area contributed by atoms with E-state index in [0.717, 1.165) is 42.3 Å². The second-order valence-corrected chi connectivity index (χ2v) is 9.03. The number of fused-ring (bicyclic) bond motifs is 1. The Hall–Kier alpha value is -3.09. The highest BCUT2D eigenvalue weighted by molar-refractivity contribution is 6.31. The molecule has 1 aliphatic heterocycles. The average molecular weight is 463 g/mol. The molecular formula is C26H27ClN4O2. The average Bonchev–Trinajstić information content (AvgIpc) is 3.42. The Morgan fingerprint density at radius 2 is 1.82 bits per heavy atom. The van der Waals surface area contributed by atoms with Gasteiger partial charge in [-0.15, -0.1) is 0 Å². The summed E-state index contributed by atoms with van der Waals surface area (Å²) in [6, 6.07) is 20.0. The number of imidazole rings is 1. The van der Waals surface area contributed by atoms with Crippen molar-refractivity contribution in [2.75, 3.05) is 26.2 Å². The number of amides is 1. The first kappa shape index (κ1) is 21.7. The van der Waals surface area contributed by atoms with Crippen molar-refractivity contribution in [1.82, 2.24) is 19.4 Å². The fourth-order valence-electron chi connectivity index (χ4n) is 4.55. The minimum atomic E-state index is -0.0404. The molecule has 0 bridgehead atoms. The van der Waals surface area contributed by atoms with E-state index in [2.05, 4.69) is 40.7 Å². The highest BCUT2D eigenvalue weighted by atomic mass is 35.5. The molecule has 0 N–H and O–H groups in total. The van der Waals surface area contributed by atoms with E-state index < -0.39 is 0 Å². The monoisotopic (exact) mass is 462 g/mol. The van der Waals surface area contributed by atoms with Crippen LogP contribution in [0.5, 0.6) is 0 Å². The summed E-state index contributed by atoms with van der Waals surface area (Å²) in [4.78, 5) is 22.0. The van der Waals surface area contributed by atoms with Crippen LogP contribution < -0.4 is 0 Å². The standard InChI is InChI=1S/C26H27ClN4O2/c1-18-8-11-24(33-18)26(32)30-14-12-29(13-15-30)19(2)25-28-22-16-21(27)9-10-23(22)31(25)17-20-6-4-3-5-7-20/h3-11,16,19H,12-15,17H2,1-2H3. The van der Waals surface area contributed by atoms with Gasteiger partial charge in [0.15, 0.2) is 5.76 Å². The Labute approximate surface area is 198 Å². The van der Waals surface area contributed by atoms with Crippen LogP contribution in [-0.2, 0) is 6.54 Å². The van der Waals surface area contributed by atoms with Gasteiger partial charge < -0.3 is 13.9 Å². The number of rotatable bonds is 5. The Morgan fingerprint density at radius 1 is 1.06 bits per heavy atom. The van der Waals surface area contributed by atoms with Crippen molar-refractivity contribution in [3.05, 3.63) is 88.6 Å². The number of furan rings is 1. The zero-order valence-electron chi connectivity index (χ0n) is 18.9. The molecule has 1 saturated heterocycles. The summed E-state index contributed by atoms with van der Waals surface area (Å²) in [7, 11) is 0. The molecule has 33 heavy (non-hydrogen) atoms. The molecule has 1 aliphatic rings. The number of nitrogens with zero attached hydrogens (tertiary/aromatic N) is 4. The van der Waals surface area contributed by atoms with Crippen molar-refractivity contribution in [3.8, 4) is 0 Å². The van der Waals surface area contributed by atoms with Gasteiger partial charge in [-0.05, 0) is 49.7 Å². The largest absolute Gasteiger partial charge is 0.456 e. The minimum absolute atomic E-state index is 0.0404. The number of piperazine rings is 1. The number of halogens is 1. The Morgan fingerprint density at radius 3 is 2.52 bits per heavy atom. The van der Waals surface area contributed by atoms with E-state index in [1.54, 1.807) is 6.07 Å². The third-order valence-electron chi connectivity index (χ3n) is 6.40. The summed E-state index contributed by atoms with van der Waals surface area (Å²) in [6.07, 6.45) is 0. The van der Waals surface area contributed by atoms with Crippen molar-refractivity contribution in [2.45, 2.75) is 26.4 Å². The number of aryl methyl sites for hydroxylation is 1. The van der Waals surface area contributed by atoms with Gasteiger partial charge in [0.05, 0.1) is 17.1 Å². The van der Waals surface area contributed by atoms with E-state index in [9.17, 15) is 4.79 Å². The lowest BCUT2D eigenvalue weighted by Gasteiger charge is -2.37. The van der Waals surface area contributed by atoms with Gasteiger partial charge in [0.25, 0.3) is 5.91 Å². The number of carbonyl (C=O) groups is 1. The number of carbonyl (C=O) groups excluding carboxylic acids is 1. The van der Waals surface area contributed by atoms with Crippen molar-refractivity contribution in [2.24, 2.45) is 0 Å². The van der Waals surface area contributed by atoms with Gasteiger partial charge in [-0.2, -0.15) is 0 Å². The first-order valence-corrected chi connectivity index (χ1v) is 11.7. The zero-order chi connectivity index (χ0) is 22.9. The second kappa shape index (κ2) is 9.04. The lowest BCUT2D eigenvalue weighted by molar-refractivity contribution is 0.0543. The lowest BCUT2D eigenvalue weighted by Crippen LogP contribution is -2.49. The van der Waals surface area contributed by atoms with Crippen LogP contribution in [0.1, 0.15) is 40.7 Å². The van der Waals surface area contributed by atoms with E-state index in [1.807, 2.05) is 42.2 Å². The Bertz CT molecular complexity index is 1270. The molecule has 6 nitrogen and oxygen atoms in total. The molecule has 0 aliphatic carbocycles. The van der Waals surface area contributed by atoms with Gasteiger partial charge in [-0.1, -0.05) is 41.9 Å². The summed E-state index contributed by atoms with van der Waals surface area (Å²) in [5, 5.41) is 0.686. The Kier molecular flexibility index (Phi) is 5.96. The van der Waals surface area contributed by atoms with Crippen LogP contribution >= 0.6 is 11.6 Å². The van der Waals surface area contributed by atoms with Gasteiger partial charge in [0.2, 0.25) is 0 Å². The highest BCUT2D eigenvalue weighted by Gasteiger charge is 2.29. The number of hydrogen-bond acceptors (Lipinski definition) is 4. The van der Waals surface area contributed by atoms with Crippen LogP contribution in [-0.4, -0.2) is 51.4 Å².